The van der Waals surface area contributed by atoms with Gasteiger partial charge in [-0.1, -0.05) is 0 Å². The standard InChI is InChI=1S/C10H13N3S/c1-2-13-6-9(12-7-13)10-4-3-8(5-11)14-10/h3-4,6-7H,2,5,11H2,1H3. The fourth-order valence-electron chi connectivity index (χ4n) is 1.29. The van der Waals surface area contributed by atoms with E-state index in [1.165, 1.54) is 9.75 Å². The number of nitrogens with two attached hydrogens (primary N) is 1. The highest BCUT2D eigenvalue weighted by atomic mass is 32.1. The predicted molar refractivity (Wildman–Crippen MR) is 59.1 cm³/mol. The molecule has 2 aromatic rings. The van der Waals surface area contributed by atoms with Crippen LogP contribution in [0.2, 0.25) is 0 Å². The Kier molecular flexibility index (Phi) is 2.65. The van der Waals surface area contributed by atoms with Gasteiger partial charge in [-0.05, 0) is 19.1 Å². The van der Waals surface area contributed by atoms with Crippen molar-refractivity contribution in [3.05, 3.63) is 29.5 Å². The van der Waals surface area contributed by atoms with Gasteiger partial charge in [-0.25, -0.2) is 4.98 Å². The second-order valence-electron chi connectivity index (χ2n) is 3.06. The lowest BCUT2D eigenvalue weighted by atomic mass is 10.3. The van der Waals surface area contributed by atoms with Crippen molar-refractivity contribution >= 4 is 11.3 Å². The molecule has 0 saturated carbocycles. The second-order valence-corrected chi connectivity index (χ2v) is 4.23. The summed E-state index contributed by atoms with van der Waals surface area (Å²) in [5, 5.41) is 0. The van der Waals surface area contributed by atoms with Crippen molar-refractivity contribution in [1.82, 2.24) is 9.55 Å². The molecule has 2 aromatic heterocycles. The van der Waals surface area contributed by atoms with Crippen LogP contribution in [-0.2, 0) is 13.1 Å². The van der Waals surface area contributed by atoms with Gasteiger partial charge in [-0.15, -0.1) is 11.3 Å². The topological polar surface area (TPSA) is 43.8 Å². The first kappa shape index (κ1) is 9.43. The van der Waals surface area contributed by atoms with Crippen LogP contribution in [0.25, 0.3) is 10.6 Å². The lowest BCUT2D eigenvalue weighted by Gasteiger charge is -1.91. The first-order valence-corrected chi connectivity index (χ1v) is 5.46. The van der Waals surface area contributed by atoms with E-state index in [9.17, 15) is 0 Å². The average molecular weight is 207 g/mol. The van der Waals surface area contributed by atoms with Crippen LogP contribution in [0.3, 0.4) is 0 Å². The summed E-state index contributed by atoms with van der Waals surface area (Å²) in [5.41, 5.74) is 6.60. The molecule has 74 valence electrons. The third kappa shape index (κ3) is 1.71. The number of hydrogen-bond acceptors (Lipinski definition) is 3. The molecule has 2 rings (SSSR count). The number of hydrogen-bond donors (Lipinski definition) is 1. The highest BCUT2D eigenvalue weighted by Crippen LogP contribution is 2.26. The van der Waals surface area contributed by atoms with E-state index in [2.05, 4.69) is 34.8 Å². The molecule has 0 radical (unpaired) electrons. The maximum Gasteiger partial charge on any atom is 0.0981 e. The summed E-state index contributed by atoms with van der Waals surface area (Å²) in [6.07, 6.45) is 3.92. The van der Waals surface area contributed by atoms with Crippen molar-refractivity contribution in [1.29, 1.82) is 0 Å². The molecule has 0 unspecified atom stereocenters. The Balaban J connectivity index is 2.29. The van der Waals surface area contributed by atoms with E-state index in [1.807, 2.05) is 6.33 Å². The van der Waals surface area contributed by atoms with Gasteiger partial charge in [0.15, 0.2) is 0 Å². The maximum absolute atomic E-state index is 5.56. The van der Waals surface area contributed by atoms with Gasteiger partial charge < -0.3 is 10.3 Å². The summed E-state index contributed by atoms with van der Waals surface area (Å²) in [5.74, 6) is 0. The molecule has 0 saturated heterocycles. The van der Waals surface area contributed by atoms with Crippen molar-refractivity contribution in [3.8, 4) is 10.6 Å². The molecular formula is C10H13N3S. The van der Waals surface area contributed by atoms with Gasteiger partial charge in [-0.2, -0.15) is 0 Å². The molecule has 2 N–H and O–H groups in total. The highest BCUT2D eigenvalue weighted by Gasteiger charge is 2.04. The Bertz CT molecular complexity index is 376. The summed E-state index contributed by atoms with van der Waals surface area (Å²) in [4.78, 5) is 6.73. The number of aryl methyl sites for hydroxylation is 1. The summed E-state index contributed by atoms with van der Waals surface area (Å²) >= 11 is 1.71. The Morgan fingerprint density at radius 2 is 2.36 bits per heavy atom. The van der Waals surface area contributed by atoms with E-state index in [1.54, 1.807) is 11.3 Å². The van der Waals surface area contributed by atoms with Crippen LogP contribution in [0.1, 0.15) is 11.8 Å². The zero-order valence-corrected chi connectivity index (χ0v) is 8.92. The maximum atomic E-state index is 5.56. The van der Waals surface area contributed by atoms with Gasteiger partial charge in [0, 0.05) is 24.2 Å². The van der Waals surface area contributed by atoms with E-state index >= 15 is 0 Å². The monoisotopic (exact) mass is 207 g/mol. The summed E-state index contributed by atoms with van der Waals surface area (Å²) in [6.45, 7) is 3.67. The lowest BCUT2D eigenvalue weighted by molar-refractivity contribution is 0.762. The first-order valence-electron chi connectivity index (χ1n) is 4.64. The van der Waals surface area contributed by atoms with Crippen LogP contribution < -0.4 is 5.73 Å². The molecule has 0 aliphatic heterocycles. The number of aromatic nitrogens is 2. The Labute approximate surface area is 87.2 Å². The largest absolute Gasteiger partial charge is 0.337 e. The van der Waals surface area contributed by atoms with Gasteiger partial charge in [0.25, 0.3) is 0 Å². The Hall–Kier alpha value is -1.13. The average Bonchev–Trinajstić information content (AvgIpc) is 2.86. The van der Waals surface area contributed by atoms with Crippen molar-refractivity contribution < 1.29 is 0 Å². The predicted octanol–water partition coefficient (Wildman–Crippen LogP) is 2.09. The van der Waals surface area contributed by atoms with Crippen LogP contribution in [0.4, 0.5) is 0 Å². The third-order valence-corrected chi connectivity index (χ3v) is 3.24. The number of nitrogens with zero attached hydrogens (tertiary/aromatic N) is 2. The zero-order valence-electron chi connectivity index (χ0n) is 8.10. The molecule has 0 bridgehead atoms. The number of imidazole rings is 1. The number of thiophene rings is 1. The van der Waals surface area contributed by atoms with E-state index < -0.39 is 0 Å². The van der Waals surface area contributed by atoms with E-state index in [4.69, 9.17) is 5.73 Å². The zero-order chi connectivity index (χ0) is 9.97. The fourth-order valence-corrected chi connectivity index (χ4v) is 2.13. The molecule has 2 heterocycles. The number of rotatable bonds is 3. The molecule has 4 heteroatoms. The SMILES string of the molecule is CCn1cnc(-c2ccc(CN)s2)c1. The van der Waals surface area contributed by atoms with Crippen molar-refractivity contribution in [3.63, 3.8) is 0 Å². The van der Waals surface area contributed by atoms with Crippen molar-refractivity contribution in [2.75, 3.05) is 0 Å². The molecule has 0 atom stereocenters. The van der Waals surface area contributed by atoms with E-state index in [0.717, 1.165) is 12.2 Å². The normalized spacial score (nSPS) is 10.7. The fraction of sp³-hybridized carbons (Fsp3) is 0.300. The van der Waals surface area contributed by atoms with E-state index in [-0.39, 0.29) is 0 Å². The second kappa shape index (κ2) is 3.94. The quantitative estimate of drug-likeness (QED) is 0.837. The molecular weight excluding hydrogens is 194 g/mol. The molecule has 0 amide bonds. The molecule has 0 aromatic carbocycles. The Morgan fingerprint density at radius 1 is 1.50 bits per heavy atom. The van der Waals surface area contributed by atoms with Crippen LogP contribution in [0.5, 0.6) is 0 Å². The molecule has 0 spiro atoms. The summed E-state index contributed by atoms with van der Waals surface area (Å²) in [7, 11) is 0. The van der Waals surface area contributed by atoms with Crippen molar-refractivity contribution in [2.45, 2.75) is 20.0 Å². The Morgan fingerprint density at radius 3 is 2.93 bits per heavy atom. The van der Waals surface area contributed by atoms with Gasteiger partial charge in [0.1, 0.15) is 0 Å². The van der Waals surface area contributed by atoms with Crippen LogP contribution in [0.15, 0.2) is 24.7 Å². The molecule has 0 aliphatic carbocycles. The minimum absolute atomic E-state index is 0.610. The summed E-state index contributed by atoms with van der Waals surface area (Å²) < 4.78 is 2.07. The van der Waals surface area contributed by atoms with Gasteiger partial charge in [-0.3, -0.25) is 0 Å². The van der Waals surface area contributed by atoms with Crippen LogP contribution in [-0.4, -0.2) is 9.55 Å². The van der Waals surface area contributed by atoms with Crippen LogP contribution >= 0.6 is 11.3 Å². The van der Waals surface area contributed by atoms with Crippen molar-refractivity contribution in [2.24, 2.45) is 5.73 Å². The van der Waals surface area contributed by atoms with Gasteiger partial charge >= 0.3 is 0 Å². The first-order chi connectivity index (χ1) is 6.83. The molecule has 3 nitrogen and oxygen atoms in total. The highest BCUT2D eigenvalue weighted by molar-refractivity contribution is 7.15. The smallest absolute Gasteiger partial charge is 0.0981 e. The molecule has 0 fully saturated rings. The summed E-state index contributed by atoms with van der Waals surface area (Å²) in [6, 6.07) is 4.14. The minimum Gasteiger partial charge on any atom is -0.337 e. The lowest BCUT2D eigenvalue weighted by Crippen LogP contribution is -1.90. The van der Waals surface area contributed by atoms with Crippen LogP contribution in [0, 0.1) is 0 Å². The molecule has 0 aliphatic rings. The van der Waals surface area contributed by atoms with Gasteiger partial charge in [0.2, 0.25) is 0 Å². The third-order valence-electron chi connectivity index (χ3n) is 2.11. The molecule has 14 heavy (non-hydrogen) atoms. The van der Waals surface area contributed by atoms with Gasteiger partial charge in [0.05, 0.1) is 16.9 Å². The van der Waals surface area contributed by atoms with E-state index in [0.29, 0.717) is 6.54 Å². The minimum atomic E-state index is 0.610.